The van der Waals surface area contributed by atoms with E-state index in [0.29, 0.717) is 0 Å². The third-order valence-electron chi connectivity index (χ3n) is 2.66. The molecular formula is C14H14Cl3NO5. The largest absolute Gasteiger partial charge is 0.446 e. The maximum Gasteiger partial charge on any atom is 0.391 e. The number of esters is 1. The number of benzene rings is 1. The zero-order valence-electron chi connectivity index (χ0n) is 11.9. The number of cyclic esters (lactones) is 1. The first-order valence-corrected chi connectivity index (χ1v) is 7.76. The molecule has 0 fully saturated rings. The van der Waals surface area contributed by atoms with Crippen molar-refractivity contribution in [1.29, 1.82) is 0 Å². The molecular weight excluding hydrogens is 369 g/mol. The minimum atomic E-state index is -1.53. The van der Waals surface area contributed by atoms with Crippen LogP contribution < -0.4 is 0 Å². The summed E-state index contributed by atoms with van der Waals surface area (Å²) in [5, 5.41) is 0. The van der Waals surface area contributed by atoms with Crippen molar-refractivity contribution in [2.45, 2.75) is 16.5 Å². The lowest BCUT2D eigenvalue weighted by molar-refractivity contribution is -0.161. The lowest BCUT2D eigenvalue weighted by Gasteiger charge is -2.20. The van der Waals surface area contributed by atoms with Gasteiger partial charge in [0.05, 0.1) is 13.2 Å². The summed E-state index contributed by atoms with van der Waals surface area (Å²) in [6.07, 6.45) is -0.963. The summed E-state index contributed by atoms with van der Waals surface area (Å²) in [5.41, 5.74) is 0.935. The zero-order valence-corrected chi connectivity index (χ0v) is 14.2. The van der Waals surface area contributed by atoms with Gasteiger partial charge in [-0.2, -0.15) is 0 Å². The lowest BCUT2D eigenvalue weighted by atomic mass is 10.2. The average molecular weight is 383 g/mol. The fourth-order valence-corrected chi connectivity index (χ4v) is 1.85. The number of ether oxygens (including phenoxy) is 4. The highest BCUT2D eigenvalue weighted by molar-refractivity contribution is 6.67. The summed E-state index contributed by atoms with van der Waals surface area (Å²) in [4.78, 5) is 15.8. The van der Waals surface area contributed by atoms with Gasteiger partial charge in [0, 0.05) is 0 Å². The SMILES string of the molecule is O=C1OC(OCc2ccccc2)=NCC1OCOCC(Cl)(Cl)Cl. The summed E-state index contributed by atoms with van der Waals surface area (Å²) >= 11 is 16.5. The van der Waals surface area contributed by atoms with Crippen molar-refractivity contribution in [2.24, 2.45) is 4.99 Å². The first kappa shape index (κ1) is 18.3. The fraction of sp³-hybridized carbons (Fsp3) is 0.429. The van der Waals surface area contributed by atoms with E-state index in [2.05, 4.69) is 4.99 Å². The molecule has 0 saturated heterocycles. The van der Waals surface area contributed by atoms with E-state index in [1.165, 1.54) is 0 Å². The van der Waals surface area contributed by atoms with Crippen LogP contribution in [0.4, 0.5) is 0 Å². The molecule has 126 valence electrons. The Balaban J connectivity index is 1.72. The molecule has 1 atom stereocenters. The van der Waals surface area contributed by atoms with Gasteiger partial charge in [-0.05, 0) is 5.56 Å². The monoisotopic (exact) mass is 381 g/mol. The van der Waals surface area contributed by atoms with Crippen LogP contribution in [0.15, 0.2) is 35.3 Å². The Hall–Kier alpha value is -1.05. The summed E-state index contributed by atoms with van der Waals surface area (Å²) in [6, 6.07) is 9.44. The lowest BCUT2D eigenvalue weighted by Crippen LogP contribution is -2.37. The maximum absolute atomic E-state index is 11.8. The van der Waals surface area contributed by atoms with E-state index in [9.17, 15) is 4.79 Å². The van der Waals surface area contributed by atoms with Crippen molar-refractivity contribution in [3.63, 3.8) is 0 Å². The van der Waals surface area contributed by atoms with Gasteiger partial charge in [0.2, 0.25) is 3.79 Å². The van der Waals surface area contributed by atoms with Crippen molar-refractivity contribution < 1.29 is 23.7 Å². The van der Waals surface area contributed by atoms with Crippen LogP contribution in [0.1, 0.15) is 5.56 Å². The molecule has 2 rings (SSSR count). The number of hydrogen-bond acceptors (Lipinski definition) is 6. The number of aliphatic imine (C=N–C) groups is 1. The molecule has 1 heterocycles. The van der Waals surface area contributed by atoms with Gasteiger partial charge in [0.15, 0.2) is 6.10 Å². The molecule has 9 heteroatoms. The van der Waals surface area contributed by atoms with Crippen molar-refractivity contribution in [3.05, 3.63) is 35.9 Å². The molecule has 0 spiro atoms. The van der Waals surface area contributed by atoms with Crippen LogP contribution in [0.5, 0.6) is 0 Å². The van der Waals surface area contributed by atoms with Gasteiger partial charge in [0.1, 0.15) is 13.4 Å². The minimum absolute atomic E-state index is 0.0695. The Morgan fingerprint density at radius 2 is 2.00 bits per heavy atom. The Kier molecular flexibility index (Phi) is 6.92. The van der Waals surface area contributed by atoms with Crippen LogP contribution in [0.3, 0.4) is 0 Å². The van der Waals surface area contributed by atoms with Crippen LogP contribution >= 0.6 is 34.8 Å². The number of carbonyl (C=O) groups excluding carboxylic acids is 1. The van der Waals surface area contributed by atoms with Gasteiger partial charge in [-0.15, -0.1) is 0 Å². The van der Waals surface area contributed by atoms with E-state index < -0.39 is 15.9 Å². The van der Waals surface area contributed by atoms with Gasteiger partial charge >= 0.3 is 12.1 Å². The standard InChI is InChI=1S/C14H14Cl3NO5/c15-14(16,17)8-20-9-22-11-6-18-13(23-12(11)19)21-7-10-4-2-1-3-5-10/h1-5,11H,6-9H2. The Morgan fingerprint density at radius 3 is 2.65 bits per heavy atom. The quantitative estimate of drug-likeness (QED) is 0.327. The summed E-state index contributed by atoms with van der Waals surface area (Å²) < 4.78 is 18.9. The molecule has 1 unspecified atom stereocenters. The molecule has 0 aromatic heterocycles. The smallest absolute Gasteiger partial charge is 0.391 e. The number of carbonyl (C=O) groups is 1. The van der Waals surface area contributed by atoms with Crippen molar-refractivity contribution in [3.8, 4) is 0 Å². The molecule has 1 aliphatic heterocycles. The van der Waals surface area contributed by atoms with Crippen LogP contribution in [-0.2, 0) is 30.3 Å². The minimum Gasteiger partial charge on any atom is -0.446 e. The molecule has 0 amide bonds. The third kappa shape index (κ3) is 6.93. The van der Waals surface area contributed by atoms with E-state index in [1.54, 1.807) is 0 Å². The summed E-state index contributed by atoms with van der Waals surface area (Å²) in [7, 11) is 0. The fourth-order valence-electron chi connectivity index (χ4n) is 1.62. The van der Waals surface area contributed by atoms with Gasteiger partial charge < -0.3 is 18.9 Å². The van der Waals surface area contributed by atoms with Gasteiger partial charge in [0.25, 0.3) is 0 Å². The normalized spacial score (nSPS) is 18.3. The van der Waals surface area contributed by atoms with Crippen LogP contribution in [-0.4, -0.2) is 41.9 Å². The van der Waals surface area contributed by atoms with Gasteiger partial charge in [-0.1, -0.05) is 65.1 Å². The van der Waals surface area contributed by atoms with Crippen LogP contribution in [0, 0.1) is 0 Å². The second kappa shape index (κ2) is 8.70. The van der Waals surface area contributed by atoms with Gasteiger partial charge in [-0.25, -0.2) is 9.79 Å². The number of hydrogen-bond donors (Lipinski definition) is 0. The highest BCUT2D eigenvalue weighted by Crippen LogP contribution is 2.25. The molecule has 0 saturated carbocycles. The van der Waals surface area contributed by atoms with E-state index >= 15 is 0 Å². The number of rotatable bonds is 6. The van der Waals surface area contributed by atoms with Crippen molar-refractivity contribution in [1.82, 2.24) is 0 Å². The molecule has 23 heavy (non-hydrogen) atoms. The number of halogens is 3. The second-order valence-corrected chi connectivity index (χ2v) is 7.05. The highest BCUT2D eigenvalue weighted by Gasteiger charge is 2.29. The molecule has 1 aliphatic rings. The Labute approximate surface area is 148 Å². The Morgan fingerprint density at radius 1 is 1.26 bits per heavy atom. The predicted octanol–water partition coefficient (Wildman–Crippen LogP) is 2.85. The highest BCUT2D eigenvalue weighted by atomic mass is 35.6. The van der Waals surface area contributed by atoms with E-state index in [0.717, 1.165) is 5.56 Å². The predicted molar refractivity (Wildman–Crippen MR) is 85.6 cm³/mol. The van der Waals surface area contributed by atoms with Crippen molar-refractivity contribution >= 4 is 46.9 Å². The zero-order chi connectivity index (χ0) is 16.7. The third-order valence-corrected chi connectivity index (χ3v) is 2.99. The first-order valence-electron chi connectivity index (χ1n) is 6.63. The Bertz CT molecular complexity index is 547. The molecule has 0 aliphatic carbocycles. The molecule has 1 aromatic carbocycles. The molecule has 6 nitrogen and oxygen atoms in total. The maximum atomic E-state index is 11.8. The van der Waals surface area contributed by atoms with E-state index in [1.807, 2.05) is 30.3 Å². The molecule has 0 N–H and O–H groups in total. The van der Waals surface area contributed by atoms with Gasteiger partial charge in [-0.3, -0.25) is 0 Å². The van der Waals surface area contributed by atoms with E-state index in [4.69, 9.17) is 53.8 Å². The summed E-state index contributed by atoms with van der Waals surface area (Å²) in [6.45, 7) is -0.0531. The molecule has 0 radical (unpaired) electrons. The number of alkyl halides is 3. The molecule has 1 aromatic rings. The van der Waals surface area contributed by atoms with E-state index in [-0.39, 0.29) is 32.6 Å². The topological polar surface area (TPSA) is 66.4 Å². The average Bonchev–Trinajstić information content (AvgIpc) is 2.51. The summed E-state index contributed by atoms with van der Waals surface area (Å²) in [5.74, 6) is -0.611. The van der Waals surface area contributed by atoms with Crippen LogP contribution in [0.2, 0.25) is 0 Å². The number of nitrogens with zero attached hydrogens (tertiary/aromatic N) is 1. The van der Waals surface area contributed by atoms with Crippen LogP contribution in [0.25, 0.3) is 0 Å². The first-order chi connectivity index (χ1) is 10.9. The molecule has 0 bridgehead atoms. The van der Waals surface area contributed by atoms with Crippen molar-refractivity contribution in [2.75, 3.05) is 19.9 Å². The second-order valence-electron chi connectivity index (χ2n) is 4.54.